The van der Waals surface area contributed by atoms with Crippen molar-refractivity contribution in [3.63, 3.8) is 0 Å². The van der Waals surface area contributed by atoms with Crippen molar-refractivity contribution in [3.05, 3.63) is 0 Å². The average molecular weight is 315 g/mol. The van der Waals surface area contributed by atoms with Gasteiger partial charge in [-0.2, -0.15) is 0 Å². The second-order valence-electron chi connectivity index (χ2n) is 0. The first-order valence-electron chi connectivity index (χ1n) is 0. The summed E-state index contributed by atoms with van der Waals surface area (Å²) in [6.45, 7) is 0. The van der Waals surface area contributed by atoms with E-state index in [1.54, 1.807) is 0 Å². The van der Waals surface area contributed by atoms with Gasteiger partial charge in [-0.05, 0) is 0 Å². The molecule has 67 valence electrons. The Kier molecular flexibility index (Phi) is 15600. The Morgan fingerprint density at radius 3 is 0.400 bits per heavy atom. The molecule has 0 amide bonds. The van der Waals surface area contributed by atoms with Crippen LogP contribution in [0.2, 0.25) is 0 Å². The Labute approximate surface area is 99.9 Å². The van der Waals surface area contributed by atoms with Gasteiger partial charge in [-0.15, -0.1) is 0 Å². The SMILES string of the molecule is [Cu+2].[F-].[F-].[F-].[F-].[F-].[F-].[F-].[Mo+4].[Na+]. The fraction of sp³-hybridized carbons (Fsp3) is 0. The molecular formula is CuF7MoNa. The van der Waals surface area contributed by atoms with E-state index in [1.165, 1.54) is 0 Å². The van der Waals surface area contributed by atoms with E-state index in [2.05, 4.69) is 0 Å². The molecule has 0 aromatic rings. The minimum Gasteiger partial charge on any atom is -1.00 e. The minimum atomic E-state index is 0. The third-order valence-corrected chi connectivity index (χ3v) is 0. The summed E-state index contributed by atoms with van der Waals surface area (Å²) in [6, 6.07) is 0. The largest absolute Gasteiger partial charge is 4.00 e. The molecule has 0 spiro atoms. The third kappa shape index (κ3) is 250. The molecule has 0 saturated heterocycles. The van der Waals surface area contributed by atoms with Gasteiger partial charge in [0.15, 0.2) is 0 Å². The third-order valence-electron chi connectivity index (χ3n) is 0. The van der Waals surface area contributed by atoms with Crippen LogP contribution in [0.4, 0.5) is 0 Å². The first-order valence-corrected chi connectivity index (χ1v) is 0. The zero-order valence-electron chi connectivity index (χ0n) is 4.36. The van der Waals surface area contributed by atoms with Crippen molar-refractivity contribution in [2.45, 2.75) is 0 Å². The quantitative estimate of drug-likeness (QED) is 0.308. The van der Waals surface area contributed by atoms with Gasteiger partial charge in [-0.3, -0.25) is 0 Å². The molecule has 10 heteroatoms. The van der Waals surface area contributed by atoms with E-state index in [9.17, 15) is 0 Å². The van der Waals surface area contributed by atoms with E-state index in [-0.39, 0.29) is 101 Å². The van der Waals surface area contributed by atoms with Crippen LogP contribution in [-0.4, -0.2) is 0 Å². The van der Waals surface area contributed by atoms with Gasteiger partial charge < -0.3 is 32.9 Å². The van der Waals surface area contributed by atoms with Gasteiger partial charge in [-0.1, -0.05) is 0 Å². The molecule has 0 rings (SSSR count). The van der Waals surface area contributed by atoms with Crippen LogP contribution in [0.15, 0.2) is 0 Å². The van der Waals surface area contributed by atoms with Crippen molar-refractivity contribution in [2.24, 2.45) is 0 Å². The smallest absolute Gasteiger partial charge is 1.00 e. The Morgan fingerprint density at radius 2 is 0.400 bits per heavy atom. The number of hydrogen-bond donors (Lipinski definition) is 0. The summed E-state index contributed by atoms with van der Waals surface area (Å²) in [7, 11) is 0. The molecule has 0 heterocycles. The van der Waals surface area contributed by atoms with Crippen molar-refractivity contribution in [1.82, 2.24) is 0 Å². The molecule has 0 nitrogen and oxygen atoms in total. The molecule has 0 aromatic carbocycles. The fourth-order valence-electron chi connectivity index (χ4n) is 0. The molecule has 0 aliphatic rings. The zero-order chi connectivity index (χ0) is 0. The Balaban J connectivity index is 0. The van der Waals surface area contributed by atoms with Gasteiger partial charge in [0.05, 0.1) is 0 Å². The van der Waals surface area contributed by atoms with E-state index in [0.29, 0.717) is 0 Å². The van der Waals surface area contributed by atoms with Crippen molar-refractivity contribution in [2.75, 3.05) is 0 Å². The van der Waals surface area contributed by atoms with Crippen LogP contribution >= 0.6 is 0 Å². The van der Waals surface area contributed by atoms with E-state index in [1.807, 2.05) is 0 Å². The van der Waals surface area contributed by atoms with Gasteiger partial charge in [0.25, 0.3) is 0 Å². The van der Waals surface area contributed by atoms with Crippen LogP contribution < -0.4 is 62.5 Å². The maximum absolute atomic E-state index is 0. The molecule has 0 aliphatic heterocycles. The Morgan fingerprint density at radius 1 is 0.400 bits per heavy atom. The molecule has 0 unspecified atom stereocenters. The molecule has 0 aromatic heterocycles. The van der Waals surface area contributed by atoms with E-state index >= 15 is 0 Å². The second kappa shape index (κ2) is 343. The van der Waals surface area contributed by atoms with Crippen LogP contribution in [0.25, 0.3) is 0 Å². The van der Waals surface area contributed by atoms with Crippen molar-refractivity contribution < 1.29 is 101 Å². The van der Waals surface area contributed by atoms with Crippen molar-refractivity contribution in [3.8, 4) is 0 Å². The van der Waals surface area contributed by atoms with E-state index < -0.39 is 0 Å². The van der Waals surface area contributed by atoms with Gasteiger partial charge in [0, 0.05) is 0 Å². The van der Waals surface area contributed by atoms with E-state index in [0.717, 1.165) is 0 Å². The van der Waals surface area contributed by atoms with Crippen molar-refractivity contribution >= 4 is 0 Å². The minimum absolute atomic E-state index is 0. The van der Waals surface area contributed by atoms with E-state index in [4.69, 9.17) is 0 Å². The first-order chi connectivity index (χ1) is 0. The predicted molar refractivity (Wildman–Crippen MR) is 0 cm³/mol. The second-order valence-corrected chi connectivity index (χ2v) is 0. The molecule has 0 fully saturated rings. The molecule has 0 bridgehead atoms. The standard InChI is InChI=1S/Cu.7FH.Mo.Na/h;7*1H;;/q+2;;;;;;;;+4;+1/p-7. The molecule has 1 radical (unpaired) electrons. The van der Waals surface area contributed by atoms with Crippen LogP contribution in [0, 0.1) is 0 Å². The predicted octanol–water partition coefficient (Wildman–Crippen LogP) is -24.0. The molecule has 0 saturated carbocycles. The monoisotopic (exact) mass is 317 g/mol. The maximum Gasteiger partial charge on any atom is 4.00 e. The van der Waals surface area contributed by atoms with Crippen LogP contribution in [0.5, 0.6) is 0 Å². The van der Waals surface area contributed by atoms with Crippen LogP contribution in [0.1, 0.15) is 0 Å². The summed E-state index contributed by atoms with van der Waals surface area (Å²) in [5.74, 6) is 0. The number of hydrogen-bond acceptors (Lipinski definition) is 0. The topological polar surface area (TPSA) is 0 Å². The summed E-state index contributed by atoms with van der Waals surface area (Å²) in [5.41, 5.74) is 0. The van der Waals surface area contributed by atoms with Crippen LogP contribution in [-0.2, 0) is 38.1 Å². The van der Waals surface area contributed by atoms with Crippen LogP contribution in [0.3, 0.4) is 0 Å². The summed E-state index contributed by atoms with van der Waals surface area (Å²) in [4.78, 5) is 0. The Bertz CT molecular complexity index is 13.6. The first kappa shape index (κ1) is 456. The van der Waals surface area contributed by atoms with Gasteiger partial charge in [0.1, 0.15) is 0 Å². The summed E-state index contributed by atoms with van der Waals surface area (Å²) in [5, 5.41) is 0. The normalized spacial score (nSPS) is 0. The summed E-state index contributed by atoms with van der Waals surface area (Å²) in [6.07, 6.45) is 0. The maximum atomic E-state index is 0. The molecular weight excluding hydrogens is 315 g/mol. The van der Waals surface area contributed by atoms with Crippen molar-refractivity contribution in [1.29, 1.82) is 0 Å². The molecule has 0 aliphatic carbocycles. The van der Waals surface area contributed by atoms with Gasteiger partial charge in [0.2, 0.25) is 0 Å². The summed E-state index contributed by atoms with van der Waals surface area (Å²) < 4.78 is 0. The fourth-order valence-corrected chi connectivity index (χ4v) is 0. The average Bonchev–Trinajstić information content (AvgIpc) is 0. The summed E-state index contributed by atoms with van der Waals surface area (Å²) >= 11 is 0. The number of halogens is 7. The molecule has 10 heavy (non-hydrogen) atoms. The molecule has 0 atom stereocenters. The van der Waals surface area contributed by atoms with Gasteiger partial charge in [-0.25, -0.2) is 0 Å². The zero-order valence-corrected chi connectivity index (χ0v) is 9.30. The number of rotatable bonds is 0. The Hall–Kier alpha value is 1.72. The molecule has 0 N–H and O–H groups in total. The van der Waals surface area contributed by atoms with Gasteiger partial charge >= 0.3 is 67.7 Å².